The maximum atomic E-state index is 11.9. The minimum absolute atomic E-state index is 0.00774. The molecule has 1 aromatic rings. The van der Waals surface area contributed by atoms with Gasteiger partial charge in [0.2, 0.25) is 5.91 Å². The van der Waals surface area contributed by atoms with E-state index < -0.39 is 0 Å². The van der Waals surface area contributed by atoms with Gasteiger partial charge in [0.1, 0.15) is 5.75 Å². The Bertz CT molecular complexity index is 440. The van der Waals surface area contributed by atoms with Crippen LogP contribution in [0.4, 0.5) is 0 Å². The highest BCUT2D eigenvalue weighted by Crippen LogP contribution is 2.31. The summed E-state index contributed by atoms with van der Waals surface area (Å²) in [7, 11) is 1.68. The van der Waals surface area contributed by atoms with E-state index in [0.29, 0.717) is 0 Å². The van der Waals surface area contributed by atoms with Crippen LogP contribution in [0.5, 0.6) is 5.75 Å². The second kappa shape index (κ2) is 4.78. The number of methoxy groups -OCH3 is 1. The van der Waals surface area contributed by atoms with Gasteiger partial charge in [0, 0.05) is 6.54 Å². The zero-order valence-electron chi connectivity index (χ0n) is 10.7. The highest BCUT2D eigenvalue weighted by molar-refractivity contribution is 5.84. The fourth-order valence-corrected chi connectivity index (χ4v) is 2.48. The molecule has 0 aromatic heterocycles. The van der Waals surface area contributed by atoms with Gasteiger partial charge in [-0.25, -0.2) is 0 Å². The topological polar surface area (TPSA) is 38.3 Å². The number of nitrogens with one attached hydrogen (secondary N) is 1. The third-order valence-corrected chi connectivity index (χ3v) is 3.44. The smallest absolute Gasteiger partial charge is 0.227 e. The summed E-state index contributed by atoms with van der Waals surface area (Å²) in [5.74, 6) is 1.06. The van der Waals surface area contributed by atoms with Crippen molar-refractivity contribution in [1.29, 1.82) is 0 Å². The Morgan fingerprint density at radius 1 is 1.29 bits per heavy atom. The van der Waals surface area contributed by atoms with Crippen LogP contribution >= 0.6 is 0 Å². The molecule has 1 amide bonds. The maximum Gasteiger partial charge on any atom is 0.227 e. The summed E-state index contributed by atoms with van der Waals surface area (Å²) < 4.78 is 5.29. The molecule has 0 spiro atoms. The zero-order chi connectivity index (χ0) is 12.4. The van der Waals surface area contributed by atoms with Crippen LogP contribution in [0.15, 0.2) is 12.1 Å². The lowest BCUT2D eigenvalue weighted by atomic mass is 9.87. The van der Waals surface area contributed by atoms with Gasteiger partial charge in [0.05, 0.1) is 13.0 Å². The van der Waals surface area contributed by atoms with E-state index in [0.717, 1.165) is 41.8 Å². The standard InChI is InChI=1S/C14H19NO2/c1-9-8-13(17-3)10(2)7-12(9)11-5-4-6-15-14(11)16/h7-8,11H,4-6H2,1-3H3,(H,15,16). The van der Waals surface area contributed by atoms with Gasteiger partial charge >= 0.3 is 0 Å². The van der Waals surface area contributed by atoms with E-state index in [-0.39, 0.29) is 11.8 Å². The summed E-state index contributed by atoms with van der Waals surface area (Å²) in [4.78, 5) is 11.9. The number of carbonyl (C=O) groups is 1. The molecule has 1 heterocycles. The number of amides is 1. The Morgan fingerprint density at radius 3 is 2.71 bits per heavy atom. The van der Waals surface area contributed by atoms with Gasteiger partial charge < -0.3 is 10.1 Å². The average molecular weight is 233 g/mol. The molecule has 1 aromatic carbocycles. The van der Waals surface area contributed by atoms with E-state index in [9.17, 15) is 4.79 Å². The normalized spacial score (nSPS) is 19.9. The van der Waals surface area contributed by atoms with Crippen LogP contribution in [0.1, 0.15) is 35.4 Å². The van der Waals surface area contributed by atoms with Crippen molar-refractivity contribution in [2.75, 3.05) is 13.7 Å². The molecular formula is C14H19NO2. The summed E-state index contributed by atoms with van der Waals surface area (Å²) >= 11 is 0. The Morgan fingerprint density at radius 2 is 2.06 bits per heavy atom. The first-order valence-electron chi connectivity index (χ1n) is 6.06. The molecule has 1 saturated heterocycles. The molecule has 1 fully saturated rings. The average Bonchev–Trinajstić information content (AvgIpc) is 2.32. The van der Waals surface area contributed by atoms with Gasteiger partial charge in [0.25, 0.3) is 0 Å². The first-order chi connectivity index (χ1) is 8.13. The number of rotatable bonds is 2. The molecule has 3 nitrogen and oxygen atoms in total. The van der Waals surface area contributed by atoms with Gasteiger partial charge in [0.15, 0.2) is 0 Å². The molecule has 1 aliphatic heterocycles. The number of aryl methyl sites for hydroxylation is 2. The molecule has 1 unspecified atom stereocenters. The summed E-state index contributed by atoms with van der Waals surface area (Å²) in [6.07, 6.45) is 2.00. The number of hydrogen-bond donors (Lipinski definition) is 1. The van der Waals surface area contributed by atoms with Crippen LogP contribution in [0.2, 0.25) is 0 Å². The van der Waals surface area contributed by atoms with Gasteiger partial charge in [-0.3, -0.25) is 4.79 Å². The van der Waals surface area contributed by atoms with Crippen LogP contribution < -0.4 is 10.1 Å². The molecule has 0 aliphatic carbocycles. The van der Waals surface area contributed by atoms with Crippen molar-refractivity contribution in [3.8, 4) is 5.75 Å². The first kappa shape index (κ1) is 12.0. The van der Waals surface area contributed by atoms with Crippen molar-refractivity contribution in [2.45, 2.75) is 32.6 Å². The number of carbonyl (C=O) groups excluding carboxylic acids is 1. The number of piperidine rings is 1. The van der Waals surface area contributed by atoms with E-state index in [1.165, 1.54) is 0 Å². The second-order valence-electron chi connectivity index (χ2n) is 4.66. The SMILES string of the molecule is COc1cc(C)c(C2CCCNC2=O)cc1C. The Balaban J connectivity index is 2.38. The van der Waals surface area contributed by atoms with E-state index in [1.54, 1.807) is 7.11 Å². The zero-order valence-corrected chi connectivity index (χ0v) is 10.7. The van der Waals surface area contributed by atoms with Crippen molar-refractivity contribution in [3.63, 3.8) is 0 Å². The molecule has 2 rings (SSSR count). The summed E-state index contributed by atoms with van der Waals surface area (Å²) in [5.41, 5.74) is 3.36. The molecule has 1 N–H and O–H groups in total. The van der Waals surface area contributed by atoms with Crippen LogP contribution in [0.3, 0.4) is 0 Å². The monoisotopic (exact) mass is 233 g/mol. The third kappa shape index (κ3) is 2.28. The third-order valence-electron chi connectivity index (χ3n) is 3.44. The number of hydrogen-bond acceptors (Lipinski definition) is 2. The quantitative estimate of drug-likeness (QED) is 0.851. The van der Waals surface area contributed by atoms with Crippen molar-refractivity contribution >= 4 is 5.91 Å². The molecule has 1 atom stereocenters. The van der Waals surface area contributed by atoms with Crippen LogP contribution in [0.25, 0.3) is 0 Å². The molecular weight excluding hydrogens is 214 g/mol. The lowest BCUT2D eigenvalue weighted by Gasteiger charge is -2.24. The highest BCUT2D eigenvalue weighted by atomic mass is 16.5. The second-order valence-corrected chi connectivity index (χ2v) is 4.66. The predicted octanol–water partition coefficient (Wildman–Crippen LogP) is 2.31. The van der Waals surface area contributed by atoms with Crippen molar-refractivity contribution in [2.24, 2.45) is 0 Å². The van der Waals surface area contributed by atoms with Gasteiger partial charge in [-0.05, 0) is 49.4 Å². The van der Waals surface area contributed by atoms with E-state index in [4.69, 9.17) is 4.74 Å². The Hall–Kier alpha value is -1.51. The molecule has 0 saturated carbocycles. The first-order valence-corrected chi connectivity index (χ1v) is 6.06. The van der Waals surface area contributed by atoms with E-state index in [1.807, 2.05) is 19.9 Å². The van der Waals surface area contributed by atoms with Gasteiger partial charge in [-0.15, -0.1) is 0 Å². The molecule has 17 heavy (non-hydrogen) atoms. The number of benzene rings is 1. The van der Waals surface area contributed by atoms with E-state index >= 15 is 0 Å². The number of ether oxygens (including phenoxy) is 1. The van der Waals surface area contributed by atoms with Crippen LogP contribution in [-0.4, -0.2) is 19.6 Å². The fourth-order valence-electron chi connectivity index (χ4n) is 2.48. The van der Waals surface area contributed by atoms with Gasteiger partial charge in [-0.2, -0.15) is 0 Å². The van der Waals surface area contributed by atoms with Crippen LogP contribution in [0, 0.1) is 13.8 Å². The summed E-state index contributed by atoms with van der Waals surface area (Å²) in [5, 5.41) is 2.94. The lowest BCUT2D eigenvalue weighted by molar-refractivity contribution is -0.123. The Kier molecular flexibility index (Phi) is 3.36. The molecule has 1 aliphatic rings. The predicted molar refractivity (Wildman–Crippen MR) is 67.5 cm³/mol. The maximum absolute atomic E-state index is 11.9. The van der Waals surface area contributed by atoms with Crippen molar-refractivity contribution in [3.05, 3.63) is 28.8 Å². The van der Waals surface area contributed by atoms with Gasteiger partial charge in [-0.1, -0.05) is 6.07 Å². The van der Waals surface area contributed by atoms with E-state index in [2.05, 4.69) is 11.4 Å². The summed E-state index contributed by atoms with van der Waals surface area (Å²) in [6, 6.07) is 4.11. The lowest BCUT2D eigenvalue weighted by Crippen LogP contribution is -2.35. The Labute approximate surface area is 102 Å². The minimum atomic E-state index is 0.00774. The molecule has 3 heteroatoms. The van der Waals surface area contributed by atoms with Crippen LogP contribution in [-0.2, 0) is 4.79 Å². The minimum Gasteiger partial charge on any atom is -0.496 e. The largest absolute Gasteiger partial charge is 0.496 e. The highest BCUT2D eigenvalue weighted by Gasteiger charge is 2.25. The summed E-state index contributed by atoms with van der Waals surface area (Å²) in [6.45, 7) is 4.87. The molecule has 0 radical (unpaired) electrons. The van der Waals surface area contributed by atoms with Crippen molar-refractivity contribution in [1.82, 2.24) is 5.32 Å². The molecule has 0 bridgehead atoms. The molecule has 92 valence electrons. The fraction of sp³-hybridized carbons (Fsp3) is 0.500. The van der Waals surface area contributed by atoms with Crippen molar-refractivity contribution < 1.29 is 9.53 Å².